The van der Waals surface area contributed by atoms with Crippen LogP contribution in [0, 0.1) is 0 Å². The fourth-order valence-corrected chi connectivity index (χ4v) is 1.25. The van der Waals surface area contributed by atoms with Gasteiger partial charge in [-0.3, -0.25) is 0 Å². The van der Waals surface area contributed by atoms with E-state index in [1.165, 1.54) is 0 Å². The maximum atomic E-state index is 9.63. The van der Waals surface area contributed by atoms with Crippen molar-refractivity contribution < 1.29 is 63.7 Å². The molecular weight excluding hydrogens is 429 g/mol. The van der Waals surface area contributed by atoms with Gasteiger partial charge < -0.3 is 45.7 Å². The average molecular weight is 444 g/mol. The van der Waals surface area contributed by atoms with E-state index >= 15 is 0 Å². The van der Waals surface area contributed by atoms with Gasteiger partial charge in [0, 0.05) is 0 Å². The van der Waals surface area contributed by atoms with Crippen molar-refractivity contribution in [3.05, 3.63) is 0 Å². The Morgan fingerprint density at radius 2 is 0.722 bits per heavy atom. The molecule has 0 saturated carbocycles. The molecule has 0 unspecified atom stereocenters. The Morgan fingerprint density at radius 1 is 0.611 bits per heavy atom. The third-order valence-electron chi connectivity index (χ3n) is 0.213. The van der Waals surface area contributed by atoms with Crippen molar-refractivity contribution in [1.29, 1.82) is 0 Å². The first-order valence-corrected chi connectivity index (χ1v) is 6.94. The van der Waals surface area contributed by atoms with E-state index in [-0.39, 0.29) is 162 Å². The molecule has 0 aromatic carbocycles. The molecule has 18 heteroatoms. The second kappa shape index (κ2) is 17.2. The molecule has 7 N–H and O–H groups in total. The first-order valence-electron chi connectivity index (χ1n) is 2.31. The number of rotatable bonds is 2. The van der Waals surface area contributed by atoms with Gasteiger partial charge in [0.25, 0.3) is 0 Å². The Balaban J connectivity index is -0.00000000661. The van der Waals surface area contributed by atoms with E-state index in [1.54, 1.807) is 0 Å². The number of hydrogen-bond donors (Lipinski definition) is 7. The molecule has 11 nitrogen and oxygen atoms in total. The minimum atomic E-state index is -5.05. The summed E-state index contributed by atoms with van der Waals surface area (Å²) in [5, 5.41) is 0. The maximum Gasteiger partial charge on any atom is 2.00 e. The van der Waals surface area contributed by atoms with Crippen molar-refractivity contribution in [1.82, 2.24) is 0 Å². The van der Waals surface area contributed by atoms with Gasteiger partial charge in [-0.05, 0) is 0 Å². The SMILES string of the molecule is O=P(O)(O)O.O=P(O)(O)OP(=O)(O)O.[Ca+2].[Ca+2].[Ca+2].[Ca+2].[H-].[H-].[H-].[H-].[H-].[H-].[H-].[H-]. The number of hydrogen-bond acceptors (Lipinski definition) is 4. The zero-order valence-corrected chi connectivity index (χ0v) is 20.5. The standard InChI is InChI=1S/4Ca.H4O7P2.H3O4P.8H/c;;;;1-8(2,3)7-9(4,5)6;1-5(2,3)4;;;;;;;;/h;;;;(H2,1,2,3)(H2,4,5,6);(H3,1,2,3,4);;;;;;;;/q4*+2;;;8*-1. The molecule has 18 heavy (non-hydrogen) atoms. The summed E-state index contributed by atoms with van der Waals surface area (Å²) in [5.41, 5.74) is 0. The van der Waals surface area contributed by atoms with Crippen molar-refractivity contribution >= 4 is 174 Å². The summed E-state index contributed by atoms with van der Waals surface area (Å²) < 4.78 is 31.1. The first-order chi connectivity index (χ1) is 5.71. The summed E-state index contributed by atoms with van der Waals surface area (Å²) in [6, 6.07) is 0. The van der Waals surface area contributed by atoms with Gasteiger partial charge >= 0.3 is 174 Å². The molecule has 104 valence electrons. The Hall–Kier alpha value is 5.41. The monoisotopic (exact) mass is 444 g/mol. The van der Waals surface area contributed by atoms with E-state index in [9.17, 15) is 9.13 Å². The Kier molecular flexibility index (Phi) is 37.1. The van der Waals surface area contributed by atoms with Crippen LogP contribution in [-0.2, 0) is 18.0 Å². The Bertz CT molecular complexity index is 290. The van der Waals surface area contributed by atoms with Crippen LogP contribution < -0.4 is 0 Å². The third-order valence-corrected chi connectivity index (χ3v) is 1.91. The summed E-state index contributed by atoms with van der Waals surface area (Å²) in [5.74, 6) is 0. The van der Waals surface area contributed by atoms with Crippen LogP contribution in [0.2, 0.25) is 0 Å². The van der Waals surface area contributed by atoms with Crippen LogP contribution in [0.3, 0.4) is 0 Å². The summed E-state index contributed by atoms with van der Waals surface area (Å²) in [7, 11) is -14.7. The van der Waals surface area contributed by atoms with Crippen molar-refractivity contribution in [3.8, 4) is 0 Å². The van der Waals surface area contributed by atoms with Crippen LogP contribution in [0.1, 0.15) is 11.4 Å². The second-order valence-electron chi connectivity index (χ2n) is 1.58. The molecule has 0 aromatic heterocycles. The molecule has 0 heterocycles. The fraction of sp³-hybridized carbons (Fsp3) is 0. The van der Waals surface area contributed by atoms with Crippen LogP contribution >= 0.6 is 23.5 Å². The van der Waals surface area contributed by atoms with Gasteiger partial charge in [0.2, 0.25) is 0 Å². The van der Waals surface area contributed by atoms with Gasteiger partial charge in [0.05, 0.1) is 0 Å². The molecule has 0 saturated heterocycles. The third kappa shape index (κ3) is 68.5. The fourth-order valence-electron chi connectivity index (χ4n) is 0.139. The van der Waals surface area contributed by atoms with Gasteiger partial charge in [-0.15, -0.1) is 0 Å². The molecule has 0 aliphatic heterocycles. The zero-order chi connectivity index (χ0) is 12.2. The van der Waals surface area contributed by atoms with Gasteiger partial charge in [-0.1, -0.05) is 0 Å². The Labute approximate surface area is 233 Å². The largest absolute Gasteiger partial charge is 2.00 e. The van der Waals surface area contributed by atoms with Crippen LogP contribution in [0.5, 0.6) is 0 Å². The topological polar surface area (TPSA) is 202 Å². The summed E-state index contributed by atoms with van der Waals surface area (Å²) in [6.07, 6.45) is 0. The molecule has 0 fully saturated rings. The van der Waals surface area contributed by atoms with Gasteiger partial charge in [0.15, 0.2) is 0 Å². The van der Waals surface area contributed by atoms with E-state index in [0.717, 1.165) is 0 Å². The van der Waals surface area contributed by atoms with Crippen LogP contribution in [0.25, 0.3) is 0 Å². The number of phosphoric acid groups is 3. The summed E-state index contributed by atoms with van der Waals surface area (Å²) >= 11 is 0. The van der Waals surface area contributed by atoms with E-state index < -0.39 is 23.5 Å². The first kappa shape index (κ1) is 38.8. The second-order valence-corrected chi connectivity index (χ2v) is 5.22. The summed E-state index contributed by atoms with van der Waals surface area (Å²) in [6.45, 7) is 0. The predicted octanol–water partition coefficient (Wildman–Crippen LogP) is -2.36. The van der Waals surface area contributed by atoms with E-state index in [2.05, 4.69) is 4.31 Å². The van der Waals surface area contributed by atoms with Crippen LogP contribution in [0.15, 0.2) is 0 Å². The molecule has 0 bridgehead atoms. The maximum absolute atomic E-state index is 9.63. The van der Waals surface area contributed by atoms with Gasteiger partial charge in [-0.2, -0.15) is 4.31 Å². The molecule has 0 atom stereocenters. The minimum Gasteiger partial charge on any atom is -1.00 e. The van der Waals surface area contributed by atoms with E-state index in [1.807, 2.05) is 0 Å². The zero-order valence-electron chi connectivity index (χ0n) is 16.9. The van der Waals surface area contributed by atoms with Crippen molar-refractivity contribution in [3.63, 3.8) is 0 Å². The van der Waals surface area contributed by atoms with Crippen LogP contribution in [-0.4, -0.2) is 185 Å². The molecule has 0 aliphatic rings. The molecule has 0 aliphatic carbocycles. The van der Waals surface area contributed by atoms with E-state index in [4.69, 9.17) is 38.8 Å². The predicted molar refractivity (Wildman–Crippen MR) is 71.3 cm³/mol. The van der Waals surface area contributed by atoms with Crippen molar-refractivity contribution in [2.45, 2.75) is 0 Å². The minimum absolute atomic E-state index is 0. The molecule has 0 radical (unpaired) electrons. The Morgan fingerprint density at radius 3 is 0.722 bits per heavy atom. The average Bonchev–Trinajstić information content (AvgIpc) is 1.42. The quantitative estimate of drug-likeness (QED) is 0.177. The van der Waals surface area contributed by atoms with Gasteiger partial charge in [-0.25, -0.2) is 13.7 Å². The molecule has 0 amide bonds. The molecule has 0 aromatic rings. The molecule has 0 spiro atoms. The van der Waals surface area contributed by atoms with E-state index in [0.29, 0.717) is 0 Å². The summed E-state index contributed by atoms with van der Waals surface area (Å²) in [4.78, 5) is 52.6. The normalized spacial score (nSPS) is 10.2. The smallest absolute Gasteiger partial charge is 1.00 e. The molecular formula is H15Ca4O11P3. The van der Waals surface area contributed by atoms with Crippen LogP contribution in [0.4, 0.5) is 0 Å². The molecule has 0 rings (SSSR count). The van der Waals surface area contributed by atoms with Crippen molar-refractivity contribution in [2.75, 3.05) is 0 Å². The van der Waals surface area contributed by atoms with Gasteiger partial charge in [0.1, 0.15) is 0 Å². The van der Waals surface area contributed by atoms with Crippen molar-refractivity contribution in [2.24, 2.45) is 0 Å².